The van der Waals surface area contributed by atoms with E-state index in [1.54, 1.807) is 17.4 Å². The van der Waals surface area contributed by atoms with E-state index < -0.39 is 5.82 Å². The van der Waals surface area contributed by atoms with Gasteiger partial charge in [0.25, 0.3) is 5.91 Å². The van der Waals surface area contributed by atoms with Gasteiger partial charge in [-0.15, -0.1) is 0 Å². The van der Waals surface area contributed by atoms with Crippen molar-refractivity contribution < 1.29 is 9.18 Å². The molecule has 24 heavy (non-hydrogen) atoms. The summed E-state index contributed by atoms with van der Waals surface area (Å²) in [6.45, 7) is 0.888. The van der Waals surface area contributed by atoms with Gasteiger partial charge >= 0.3 is 0 Å². The lowest BCUT2D eigenvalue weighted by molar-refractivity contribution is 0.0790. The summed E-state index contributed by atoms with van der Waals surface area (Å²) in [7, 11) is 1.90. The molecule has 1 saturated heterocycles. The number of H-pyrrole nitrogens is 1. The molecule has 7 nitrogen and oxygen atoms in total. The highest BCUT2D eigenvalue weighted by Gasteiger charge is 2.36. The molecule has 1 aliphatic rings. The summed E-state index contributed by atoms with van der Waals surface area (Å²) in [4.78, 5) is 25.6. The minimum atomic E-state index is -0.471. The number of aromatic amines is 1. The van der Waals surface area contributed by atoms with Crippen molar-refractivity contribution in [3.8, 4) is 0 Å². The number of hydrogen-bond acceptors (Lipinski definition) is 4. The van der Waals surface area contributed by atoms with E-state index in [-0.39, 0.29) is 23.4 Å². The largest absolute Gasteiger partial charge is 0.344 e. The van der Waals surface area contributed by atoms with Crippen molar-refractivity contribution in [3.05, 3.63) is 48.1 Å². The van der Waals surface area contributed by atoms with E-state index in [0.717, 1.165) is 5.69 Å². The molecule has 0 unspecified atom stereocenters. The van der Waals surface area contributed by atoms with Crippen LogP contribution in [0.4, 0.5) is 4.39 Å². The number of rotatable bonds is 2. The number of nitrogens with two attached hydrogens (primary N) is 1. The van der Waals surface area contributed by atoms with Gasteiger partial charge in [-0.2, -0.15) is 0 Å². The highest BCUT2D eigenvalue weighted by atomic mass is 19.1. The second kappa shape index (κ2) is 5.41. The molecule has 2 aromatic heterocycles. The molecule has 0 radical (unpaired) electrons. The lowest BCUT2D eigenvalue weighted by atomic mass is 10.0. The molecule has 3 heterocycles. The van der Waals surface area contributed by atoms with E-state index in [4.69, 9.17) is 5.73 Å². The molecule has 4 rings (SSSR count). The molecule has 3 N–H and O–H groups in total. The number of carbonyl (C=O) groups is 1. The number of amides is 1. The molecule has 124 valence electrons. The Hall–Kier alpha value is -2.74. The number of fused-ring (bicyclic) bond motifs is 1. The predicted octanol–water partition coefficient (Wildman–Crippen LogP) is 1.00. The number of nitrogens with one attached hydrogen (secondary N) is 1. The van der Waals surface area contributed by atoms with Crippen molar-refractivity contribution in [2.24, 2.45) is 12.8 Å². The molecule has 3 aromatic rings. The third kappa shape index (κ3) is 2.26. The minimum Gasteiger partial charge on any atom is -0.344 e. The number of nitrogens with zero attached hydrogens (tertiary/aromatic N) is 4. The van der Waals surface area contributed by atoms with Crippen LogP contribution < -0.4 is 5.73 Å². The Kier molecular flexibility index (Phi) is 3.34. The van der Waals surface area contributed by atoms with Crippen molar-refractivity contribution >= 4 is 16.9 Å². The molecule has 1 amide bonds. The lowest BCUT2D eigenvalue weighted by Gasteiger charge is -2.17. The Morgan fingerprint density at radius 3 is 3.00 bits per heavy atom. The molecule has 8 heteroatoms. The Labute approximate surface area is 137 Å². The SMILES string of the molecule is Cn1cncc1[C@@H]1CN(C(=O)c2cc(F)cc3[nH]cnc23)C[C@H]1N. The minimum absolute atomic E-state index is 0.00434. The van der Waals surface area contributed by atoms with E-state index >= 15 is 0 Å². The van der Waals surface area contributed by atoms with Crippen LogP contribution in [0.15, 0.2) is 31.0 Å². The molecular formula is C16H17FN6O. The zero-order chi connectivity index (χ0) is 16.8. The highest BCUT2D eigenvalue weighted by Crippen LogP contribution is 2.28. The van der Waals surface area contributed by atoms with Gasteiger partial charge in [-0.25, -0.2) is 14.4 Å². The normalized spacial score (nSPS) is 20.9. The van der Waals surface area contributed by atoms with E-state index in [0.29, 0.717) is 24.1 Å². The van der Waals surface area contributed by atoms with Gasteiger partial charge in [-0.3, -0.25) is 4.79 Å². The maximum atomic E-state index is 13.8. The molecule has 0 saturated carbocycles. The van der Waals surface area contributed by atoms with Gasteiger partial charge in [0, 0.05) is 44.0 Å². The molecule has 0 spiro atoms. The summed E-state index contributed by atoms with van der Waals surface area (Å²) < 4.78 is 15.7. The lowest BCUT2D eigenvalue weighted by Crippen LogP contribution is -2.32. The molecular weight excluding hydrogens is 311 g/mol. The number of benzene rings is 1. The van der Waals surface area contributed by atoms with Gasteiger partial charge in [0.2, 0.25) is 0 Å². The Morgan fingerprint density at radius 1 is 1.42 bits per heavy atom. The van der Waals surface area contributed by atoms with Crippen LogP contribution in [-0.4, -0.2) is 49.5 Å². The molecule has 1 aromatic carbocycles. The van der Waals surface area contributed by atoms with E-state index in [2.05, 4.69) is 15.0 Å². The van der Waals surface area contributed by atoms with Crippen molar-refractivity contribution in [1.29, 1.82) is 0 Å². The summed E-state index contributed by atoms with van der Waals surface area (Å²) >= 11 is 0. The summed E-state index contributed by atoms with van der Waals surface area (Å²) in [5.74, 6) is -0.724. The van der Waals surface area contributed by atoms with Crippen LogP contribution in [0.3, 0.4) is 0 Å². The number of aromatic nitrogens is 4. The number of hydrogen-bond donors (Lipinski definition) is 2. The Bertz CT molecular complexity index is 916. The van der Waals surface area contributed by atoms with Crippen LogP contribution in [0.1, 0.15) is 22.0 Å². The summed E-state index contributed by atoms with van der Waals surface area (Å²) in [5, 5.41) is 0. The quantitative estimate of drug-likeness (QED) is 0.734. The van der Waals surface area contributed by atoms with Crippen LogP contribution >= 0.6 is 0 Å². The molecule has 1 aliphatic heterocycles. The Morgan fingerprint density at radius 2 is 2.25 bits per heavy atom. The third-order valence-electron chi connectivity index (χ3n) is 4.60. The topological polar surface area (TPSA) is 92.8 Å². The summed E-state index contributed by atoms with van der Waals surface area (Å²) in [6.07, 6.45) is 4.94. The van der Waals surface area contributed by atoms with Crippen LogP contribution in [0, 0.1) is 5.82 Å². The first-order valence-corrected chi connectivity index (χ1v) is 7.68. The first-order chi connectivity index (χ1) is 11.5. The number of carbonyl (C=O) groups excluding carboxylic acids is 1. The smallest absolute Gasteiger partial charge is 0.256 e. The fourth-order valence-electron chi connectivity index (χ4n) is 3.38. The molecule has 2 atom stereocenters. The van der Waals surface area contributed by atoms with Gasteiger partial charge < -0.3 is 20.2 Å². The zero-order valence-corrected chi connectivity index (χ0v) is 13.1. The Balaban J connectivity index is 1.66. The van der Waals surface area contributed by atoms with Gasteiger partial charge in [0.05, 0.1) is 23.7 Å². The van der Waals surface area contributed by atoms with Gasteiger partial charge in [-0.05, 0) is 12.1 Å². The van der Waals surface area contributed by atoms with Crippen LogP contribution in [-0.2, 0) is 7.05 Å². The van der Waals surface area contributed by atoms with Crippen LogP contribution in [0.25, 0.3) is 11.0 Å². The highest BCUT2D eigenvalue weighted by molar-refractivity contribution is 6.05. The number of likely N-dealkylation sites (tertiary alicyclic amines) is 1. The van der Waals surface area contributed by atoms with Gasteiger partial charge in [0.15, 0.2) is 0 Å². The zero-order valence-electron chi connectivity index (χ0n) is 13.1. The maximum absolute atomic E-state index is 13.8. The predicted molar refractivity (Wildman–Crippen MR) is 85.9 cm³/mol. The van der Waals surface area contributed by atoms with E-state index in [1.807, 2.05) is 11.6 Å². The third-order valence-corrected chi connectivity index (χ3v) is 4.60. The van der Waals surface area contributed by atoms with E-state index in [9.17, 15) is 9.18 Å². The summed E-state index contributed by atoms with van der Waals surface area (Å²) in [5.41, 5.74) is 8.45. The monoisotopic (exact) mass is 328 g/mol. The second-order valence-electron chi connectivity index (χ2n) is 6.16. The molecule has 1 fully saturated rings. The van der Waals surface area contributed by atoms with Crippen molar-refractivity contribution in [2.45, 2.75) is 12.0 Å². The maximum Gasteiger partial charge on any atom is 0.256 e. The first-order valence-electron chi connectivity index (χ1n) is 7.68. The fourth-order valence-corrected chi connectivity index (χ4v) is 3.38. The summed E-state index contributed by atoms with van der Waals surface area (Å²) in [6, 6.07) is 2.37. The second-order valence-corrected chi connectivity index (χ2v) is 6.16. The first kappa shape index (κ1) is 14.8. The molecule has 0 bridgehead atoms. The molecule has 0 aliphatic carbocycles. The number of imidazole rings is 2. The van der Waals surface area contributed by atoms with Gasteiger partial charge in [0.1, 0.15) is 11.3 Å². The average molecular weight is 328 g/mol. The van der Waals surface area contributed by atoms with Gasteiger partial charge in [-0.1, -0.05) is 0 Å². The number of halogens is 1. The standard InChI is InChI=1S/C16H17FN6O/c1-22-8-19-4-14(22)11-5-23(6-12(11)18)16(24)10-2-9(17)3-13-15(10)21-7-20-13/h2-4,7-8,11-12H,5-6,18H2,1H3,(H,20,21)/t11-,12-/m1/s1. The van der Waals surface area contributed by atoms with Crippen molar-refractivity contribution in [2.75, 3.05) is 13.1 Å². The average Bonchev–Trinajstić information content (AvgIpc) is 3.25. The van der Waals surface area contributed by atoms with Crippen LogP contribution in [0.2, 0.25) is 0 Å². The van der Waals surface area contributed by atoms with Crippen LogP contribution in [0.5, 0.6) is 0 Å². The van der Waals surface area contributed by atoms with Crippen molar-refractivity contribution in [1.82, 2.24) is 24.4 Å². The fraction of sp³-hybridized carbons (Fsp3) is 0.312. The van der Waals surface area contributed by atoms with Crippen molar-refractivity contribution in [3.63, 3.8) is 0 Å². The number of aryl methyl sites for hydroxylation is 1. The van der Waals surface area contributed by atoms with E-state index in [1.165, 1.54) is 18.5 Å².